The molecule has 0 amide bonds. The first-order chi connectivity index (χ1) is 12.2. The predicted octanol–water partition coefficient (Wildman–Crippen LogP) is 3.85. The molecular weight excluding hydrogens is 314 g/mol. The van der Waals surface area contributed by atoms with E-state index in [4.69, 9.17) is 4.52 Å². The minimum absolute atomic E-state index is 0.282. The number of aryl methyl sites for hydroxylation is 1. The lowest BCUT2D eigenvalue weighted by molar-refractivity contribution is 0.420. The second-order valence-electron chi connectivity index (χ2n) is 5.65. The van der Waals surface area contributed by atoms with E-state index in [-0.39, 0.29) is 11.1 Å². The smallest absolute Gasteiger partial charge is 0.301 e. The summed E-state index contributed by atoms with van der Waals surface area (Å²) in [4.78, 5) is 12.7. The van der Waals surface area contributed by atoms with Crippen LogP contribution in [-0.4, -0.2) is 14.9 Å². The third-order valence-corrected chi connectivity index (χ3v) is 3.95. The number of nitrogens with zero attached hydrogens (tertiary/aromatic N) is 3. The summed E-state index contributed by atoms with van der Waals surface area (Å²) in [6.45, 7) is 1.85. The van der Waals surface area contributed by atoms with Gasteiger partial charge < -0.3 is 4.52 Å². The van der Waals surface area contributed by atoms with Crippen molar-refractivity contribution in [3.63, 3.8) is 0 Å². The van der Waals surface area contributed by atoms with Gasteiger partial charge in [-0.25, -0.2) is 0 Å². The minimum atomic E-state index is -0.296. The van der Waals surface area contributed by atoms with E-state index >= 15 is 0 Å². The molecule has 4 rings (SSSR count). The zero-order valence-corrected chi connectivity index (χ0v) is 13.6. The molecule has 0 spiro atoms. The van der Waals surface area contributed by atoms with E-state index in [1.807, 2.05) is 79.7 Å². The van der Waals surface area contributed by atoms with Crippen molar-refractivity contribution in [1.82, 2.24) is 14.9 Å². The van der Waals surface area contributed by atoms with Gasteiger partial charge in [0.2, 0.25) is 0 Å². The Balaban J connectivity index is 1.84. The summed E-state index contributed by atoms with van der Waals surface area (Å²) >= 11 is 0. The van der Waals surface area contributed by atoms with Crippen LogP contribution >= 0.6 is 0 Å². The third kappa shape index (κ3) is 2.76. The van der Waals surface area contributed by atoms with Crippen molar-refractivity contribution in [3.8, 4) is 5.69 Å². The maximum absolute atomic E-state index is 12.7. The second kappa shape index (κ2) is 6.20. The zero-order valence-electron chi connectivity index (χ0n) is 13.6. The summed E-state index contributed by atoms with van der Waals surface area (Å²) in [6.07, 6.45) is 3.73. The van der Waals surface area contributed by atoms with E-state index in [0.29, 0.717) is 22.5 Å². The first-order valence-electron chi connectivity index (χ1n) is 7.92. The summed E-state index contributed by atoms with van der Waals surface area (Å²) in [5.41, 5.74) is 2.41. The molecule has 0 bridgehead atoms. The topological polar surface area (TPSA) is 60.9 Å². The van der Waals surface area contributed by atoms with Gasteiger partial charge in [-0.15, -0.1) is 0 Å². The number of fused-ring (bicyclic) bond motifs is 1. The average molecular weight is 329 g/mol. The molecule has 0 fully saturated rings. The van der Waals surface area contributed by atoms with Crippen LogP contribution in [0.1, 0.15) is 17.0 Å². The van der Waals surface area contributed by atoms with Gasteiger partial charge in [0, 0.05) is 0 Å². The van der Waals surface area contributed by atoms with E-state index < -0.39 is 0 Å². The van der Waals surface area contributed by atoms with Crippen LogP contribution in [0.2, 0.25) is 0 Å². The summed E-state index contributed by atoms with van der Waals surface area (Å²) in [5, 5.41) is 9.05. The Hall–Kier alpha value is -3.47. The van der Waals surface area contributed by atoms with Gasteiger partial charge in [0.25, 0.3) is 0 Å². The molecule has 0 aliphatic rings. The van der Waals surface area contributed by atoms with Crippen LogP contribution in [0.3, 0.4) is 0 Å². The molecular formula is C20H15N3O2. The van der Waals surface area contributed by atoms with Crippen LogP contribution in [-0.2, 0) is 0 Å². The lowest BCUT2D eigenvalue weighted by Gasteiger charge is -2.05. The van der Waals surface area contributed by atoms with Crippen molar-refractivity contribution in [2.75, 3.05) is 0 Å². The molecule has 2 aromatic heterocycles. The molecule has 5 nitrogen and oxygen atoms in total. The molecule has 0 saturated heterocycles. The Labute approximate surface area is 143 Å². The lowest BCUT2D eigenvalue weighted by Crippen LogP contribution is -2.22. The molecule has 5 heteroatoms. The summed E-state index contributed by atoms with van der Waals surface area (Å²) in [5.74, 6) is 0.529. The number of hydrogen-bond acceptors (Lipinski definition) is 4. The Morgan fingerprint density at radius 1 is 0.960 bits per heavy atom. The summed E-state index contributed by atoms with van der Waals surface area (Å²) in [6, 6.07) is 19.1. The standard InChI is InChI=1S/C20H15N3O2/c1-14-18-17(13-12-15-8-4-2-5-9-15)25-22-19(18)20(24)23(21-14)16-10-6-3-7-11-16/h2-13H,1H3/b13-12+. The number of rotatable bonds is 3. The van der Waals surface area contributed by atoms with Crippen molar-refractivity contribution in [1.29, 1.82) is 0 Å². The number of benzene rings is 2. The molecule has 0 atom stereocenters. The maximum Gasteiger partial charge on any atom is 0.301 e. The highest BCUT2D eigenvalue weighted by Gasteiger charge is 2.16. The molecule has 0 unspecified atom stereocenters. The Kier molecular flexibility index (Phi) is 3.74. The molecule has 0 radical (unpaired) electrons. The summed E-state index contributed by atoms with van der Waals surface area (Å²) in [7, 11) is 0. The molecule has 4 aromatic rings. The molecule has 0 aliphatic heterocycles. The third-order valence-electron chi connectivity index (χ3n) is 3.95. The van der Waals surface area contributed by atoms with Crippen molar-refractivity contribution in [2.45, 2.75) is 6.92 Å². The van der Waals surface area contributed by atoms with Crippen LogP contribution in [0.4, 0.5) is 0 Å². The van der Waals surface area contributed by atoms with E-state index in [9.17, 15) is 4.79 Å². The lowest BCUT2D eigenvalue weighted by atomic mass is 10.1. The van der Waals surface area contributed by atoms with E-state index in [2.05, 4.69) is 10.3 Å². The van der Waals surface area contributed by atoms with Crippen LogP contribution in [0.25, 0.3) is 28.7 Å². The highest BCUT2D eigenvalue weighted by molar-refractivity contribution is 5.89. The number of hydrogen-bond donors (Lipinski definition) is 0. The van der Waals surface area contributed by atoms with Crippen LogP contribution < -0.4 is 5.56 Å². The zero-order chi connectivity index (χ0) is 17.2. The fourth-order valence-electron chi connectivity index (χ4n) is 2.74. The first-order valence-corrected chi connectivity index (χ1v) is 7.92. The van der Waals surface area contributed by atoms with Gasteiger partial charge in [0.1, 0.15) is 0 Å². The van der Waals surface area contributed by atoms with Crippen molar-refractivity contribution in [2.24, 2.45) is 0 Å². The number of para-hydroxylation sites is 1. The molecule has 25 heavy (non-hydrogen) atoms. The largest absolute Gasteiger partial charge is 0.355 e. The predicted molar refractivity (Wildman–Crippen MR) is 97.5 cm³/mol. The molecule has 2 heterocycles. The number of aromatic nitrogens is 3. The van der Waals surface area contributed by atoms with E-state index in [0.717, 1.165) is 5.56 Å². The van der Waals surface area contributed by atoms with Crippen molar-refractivity contribution >= 4 is 23.1 Å². The average Bonchev–Trinajstić information content (AvgIpc) is 3.09. The van der Waals surface area contributed by atoms with E-state index in [1.165, 1.54) is 4.68 Å². The van der Waals surface area contributed by atoms with Crippen LogP contribution in [0.15, 0.2) is 70.0 Å². The molecule has 0 N–H and O–H groups in total. The van der Waals surface area contributed by atoms with E-state index in [1.54, 1.807) is 0 Å². The minimum Gasteiger partial charge on any atom is -0.355 e. The SMILES string of the molecule is Cc1nn(-c2ccccc2)c(=O)c2noc(/C=C/c3ccccc3)c12. The van der Waals surface area contributed by atoms with Crippen molar-refractivity contribution in [3.05, 3.63) is 88.0 Å². The van der Waals surface area contributed by atoms with Gasteiger partial charge in [-0.1, -0.05) is 59.8 Å². The highest BCUT2D eigenvalue weighted by Crippen LogP contribution is 2.21. The Morgan fingerprint density at radius 3 is 2.36 bits per heavy atom. The fourth-order valence-corrected chi connectivity index (χ4v) is 2.74. The maximum atomic E-state index is 12.7. The Morgan fingerprint density at radius 2 is 1.64 bits per heavy atom. The molecule has 2 aromatic carbocycles. The quantitative estimate of drug-likeness (QED) is 0.573. The van der Waals surface area contributed by atoms with Gasteiger partial charge in [0.15, 0.2) is 11.3 Å². The monoisotopic (exact) mass is 329 g/mol. The molecule has 0 saturated carbocycles. The van der Waals surface area contributed by atoms with Gasteiger partial charge in [-0.05, 0) is 30.7 Å². The highest BCUT2D eigenvalue weighted by atomic mass is 16.5. The second-order valence-corrected chi connectivity index (χ2v) is 5.65. The van der Waals surface area contributed by atoms with Crippen LogP contribution in [0, 0.1) is 6.92 Å². The molecule has 122 valence electrons. The molecule has 0 aliphatic carbocycles. The van der Waals surface area contributed by atoms with Gasteiger partial charge in [-0.2, -0.15) is 9.78 Å². The van der Waals surface area contributed by atoms with Crippen molar-refractivity contribution < 1.29 is 4.52 Å². The van der Waals surface area contributed by atoms with Gasteiger partial charge >= 0.3 is 5.56 Å². The fraction of sp³-hybridized carbons (Fsp3) is 0.0500. The first kappa shape index (κ1) is 15.1. The van der Waals surface area contributed by atoms with Gasteiger partial charge in [0.05, 0.1) is 16.8 Å². The summed E-state index contributed by atoms with van der Waals surface area (Å²) < 4.78 is 6.75. The normalized spacial score (nSPS) is 11.4. The Bertz CT molecular complexity index is 1110. The van der Waals surface area contributed by atoms with Gasteiger partial charge in [-0.3, -0.25) is 4.79 Å². The van der Waals surface area contributed by atoms with Crippen LogP contribution in [0.5, 0.6) is 0 Å².